The number of hydrogen-bond donors (Lipinski definition) is 4. The Bertz CT molecular complexity index is 3620. The van der Waals surface area contributed by atoms with Gasteiger partial charge in [0.25, 0.3) is 0 Å². The van der Waals surface area contributed by atoms with Crippen LogP contribution in [0.4, 0.5) is 42.4 Å². The predicted octanol–water partition coefficient (Wildman–Crippen LogP) is 10.4. The maximum Gasteiger partial charge on any atom is 0.490 e. The molecule has 2 aromatic carbocycles. The van der Waals surface area contributed by atoms with Crippen molar-refractivity contribution in [2.45, 2.75) is 142 Å². The lowest BCUT2D eigenvalue weighted by Crippen LogP contribution is -2.46. The number of nitrogens with zero attached hydrogens (tertiary/aromatic N) is 10. The van der Waals surface area contributed by atoms with Crippen LogP contribution in [-0.2, 0) is 46.4 Å². The molecule has 0 aliphatic carbocycles. The molecule has 8 aromatic rings. The Hall–Kier alpha value is -8.71. The highest BCUT2D eigenvalue weighted by atomic mass is 19.4. The minimum atomic E-state index is -5.08. The summed E-state index contributed by atoms with van der Waals surface area (Å²) < 4.78 is 131. The fourth-order valence-electron chi connectivity index (χ4n) is 9.25. The van der Waals surface area contributed by atoms with Crippen molar-refractivity contribution in [1.29, 1.82) is 0 Å². The smallest absolute Gasteiger partial charge is 0.475 e. The number of carbonyl (C=O) groups excluding carboxylic acids is 1. The number of carboxylic acid groups (broad SMARTS) is 1. The molecule has 0 radical (unpaired) electrons. The third-order valence-corrected chi connectivity index (χ3v) is 12.8. The molecular weight excluding hydrogens is 1170 g/mol. The molecule has 88 heavy (non-hydrogen) atoms. The van der Waals surface area contributed by atoms with Gasteiger partial charge in [0, 0.05) is 49.2 Å². The summed E-state index contributed by atoms with van der Waals surface area (Å²) in [5.74, 6) is -6.53. The molecule has 8 heterocycles. The number of rotatable bonds is 18. The zero-order valence-electron chi connectivity index (χ0n) is 48.6. The number of esters is 1. The lowest BCUT2D eigenvalue weighted by Gasteiger charge is -2.40. The second-order valence-corrected chi connectivity index (χ2v) is 22.0. The summed E-state index contributed by atoms with van der Waals surface area (Å²) >= 11 is 0. The topological polar surface area (TPSA) is 284 Å². The zero-order chi connectivity index (χ0) is 63.6. The van der Waals surface area contributed by atoms with Crippen molar-refractivity contribution < 1.29 is 83.3 Å². The summed E-state index contributed by atoms with van der Waals surface area (Å²) in [4.78, 5) is 38.2. The Morgan fingerprint density at radius 3 is 1.48 bits per heavy atom. The number of aliphatic hydroxyl groups is 1. The van der Waals surface area contributed by atoms with Crippen molar-refractivity contribution in [1.82, 2.24) is 49.8 Å². The van der Waals surface area contributed by atoms with E-state index in [1.54, 1.807) is 97.7 Å². The van der Waals surface area contributed by atoms with Crippen molar-refractivity contribution in [2.75, 3.05) is 23.7 Å². The summed E-state index contributed by atoms with van der Waals surface area (Å²) in [6.45, 7) is 13.4. The standard InChI is InChI=1S/C31H36F2N6O5.C25H26F2N6O4.C2HF3O2/c1-30(2,3)44-27(40)15-21-14-20(42-31(4,5)43-21)10-12-34-28-23(33)17-35-29(36-28)25-16-26(24-11-13-41-38-24)39(37-25)18-19-8-6-7-9-22(19)32;1-25(2)36-16(11-22(34)37-25)7-9-28-23-18(27)13-29-24(30-23)20-12-21(19-8-10-35-32-19)33(31-20)14-15-5-3-4-6-17(15)26;3-2(4,5)1(6)7/h6-9,11,13,16-17,20-21H,10,12,14-15,18H2,1-5H3,(H,34,35,36);3-6,8,10,12-13,16,22,34H,7,9,11,14H2,1-2H3,(H,28,29,30);(H,6,7)/t20-,21-;16-,22+;/m11./s1. The van der Waals surface area contributed by atoms with Gasteiger partial charge in [0.05, 0.1) is 61.6 Å². The Balaban J connectivity index is 0.000000208. The number of nitrogens with one attached hydrogen (secondary N) is 2. The summed E-state index contributed by atoms with van der Waals surface area (Å²) in [5, 5.41) is 40.1. The summed E-state index contributed by atoms with van der Waals surface area (Å²) in [6, 6.07) is 19.5. The number of carboxylic acids is 1. The van der Waals surface area contributed by atoms with Gasteiger partial charge in [0.1, 0.15) is 52.5 Å². The average molecular weight is 1240 g/mol. The molecule has 10 rings (SSSR count). The molecule has 6 aromatic heterocycles. The molecule has 30 heteroatoms. The largest absolute Gasteiger partial charge is 0.490 e. The maximum atomic E-state index is 14.8. The molecule has 2 aliphatic heterocycles. The highest BCUT2D eigenvalue weighted by Crippen LogP contribution is 2.33. The number of halogens is 7. The van der Waals surface area contributed by atoms with E-state index in [1.807, 2.05) is 20.8 Å². The van der Waals surface area contributed by atoms with Crippen LogP contribution < -0.4 is 10.6 Å². The van der Waals surface area contributed by atoms with E-state index in [0.29, 0.717) is 84.1 Å². The minimum absolute atomic E-state index is 0.00161. The first-order valence-corrected chi connectivity index (χ1v) is 27.5. The zero-order valence-corrected chi connectivity index (χ0v) is 48.6. The number of ether oxygens (including phenoxy) is 5. The summed E-state index contributed by atoms with van der Waals surface area (Å²) in [7, 11) is 0. The molecule has 2 fully saturated rings. The van der Waals surface area contributed by atoms with Gasteiger partial charge in [-0.05, 0) is 85.6 Å². The van der Waals surface area contributed by atoms with Crippen LogP contribution in [0.25, 0.3) is 45.8 Å². The Morgan fingerprint density at radius 1 is 0.636 bits per heavy atom. The van der Waals surface area contributed by atoms with Gasteiger partial charge < -0.3 is 53.6 Å². The van der Waals surface area contributed by atoms with E-state index < -0.39 is 47.2 Å². The lowest BCUT2D eigenvalue weighted by atomic mass is 10.0. The molecule has 2 saturated heterocycles. The van der Waals surface area contributed by atoms with Gasteiger partial charge in [0.2, 0.25) is 0 Å². The fourth-order valence-corrected chi connectivity index (χ4v) is 9.25. The van der Waals surface area contributed by atoms with Gasteiger partial charge in [-0.15, -0.1) is 0 Å². The van der Waals surface area contributed by atoms with Crippen molar-refractivity contribution in [3.05, 3.63) is 132 Å². The molecular formula is C58H63F7N12O11. The molecule has 0 saturated carbocycles. The number of aromatic nitrogens is 10. The van der Waals surface area contributed by atoms with Crippen molar-refractivity contribution in [3.8, 4) is 45.8 Å². The van der Waals surface area contributed by atoms with E-state index in [1.165, 1.54) is 24.7 Å². The van der Waals surface area contributed by atoms with Crippen molar-refractivity contribution >= 4 is 23.6 Å². The molecule has 0 bridgehead atoms. The number of alkyl halides is 3. The molecule has 2 aliphatic rings. The van der Waals surface area contributed by atoms with Crippen LogP contribution in [0.5, 0.6) is 0 Å². The van der Waals surface area contributed by atoms with Crippen molar-refractivity contribution in [2.24, 2.45) is 0 Å². The first kappa shape index (κ1) is 65.3. The number of carbonyl (C=O) groups is 2. The SMILES string of the molecule is CC(C)(C)OC(=O)C[C@H]1C[C@@H](CCNc2nc(-c3cc(-c4ccon4)n(Cc4ccccc4F)n3)ncc2F)OC(C)(C)O1.CC1(C)O[C@H](CCNc2nc(-c3cc(-c4ccon4)n(Cc4ccccc4F)n3)ncc2F)C[C@@H](O)O1.O=C(O)C(F)(F)F. The van der Waals surface area contributed by atoms with Crippen LogP contribution in [-0.4, -0.2) is 133 Å². The maximum absolute atomic E-state index is 14.8. The molecule has 4 N–H and O–H groups in total. The van der Waals surface area contributed by atoms with Gasteiger partial charge >= 0.3 is 18.1 Å². The van der Waals surface area contributed by atoms with Crippen LogP contribution in [0.2, 0.25) is 0 Å². The average Bonchev–Trinajstić information content (AvgIpc) is 3.21. The van der Waals surface area contributed by atoms with Crippen LogP contribution in [0.15, 0.2) is 107 Å². The van der Waals surface area contributed by atoms with E-state index in [4.69, 9.17) is 42.6 Å². The summed E-state index contributed by atoms with van der Waals surface area (Å²) in [5.41, 5.74) is 3.09. The quantitative estimate of drug-likeness (QED) is 0.0459. The molecule has 470 valence electrons. The van der Waals surface area contributed by atoms with Gasteiger partial charge in [-0.3, -0.25) is 14.2 Å². The number of anilines is 2. The predicted molar refractivity (Wildman–Crippen MR) is 298 cm³/mol. The van der Waals surface area contributed by atoms with Crippen LogP contribution in [0, 0.1) is 23.3 Å². The Labute approximate surface area is 498 Å². The summed E-state index contributed by atoms with van der Waals surface area (Å²) in [6.07, 6.45) is -0.0131. The molecule has 23 nitrogen and oxygen atoms in total. The number of aliphatic hydroxyl groups excluding tert-OH is 1. The number of hydrogen-bond acceptors (Lipinski definition) is 20. The van der Waals surface area contributed by atoms with Crippen LogP contribution in [0.3, 0.4) is 0 Å². The van der Waals surface area contributed by atoms with Gasteiger partial charge in [-0.25, -0.2) is 42.3 Å². The van der Waals surface area contributed by atoms with Gasteiger partial charge in [-0.2, -0.15) is 23.4 Å². The fraction of sp³-hybridized carbons (Fsp3) is 0.414. The third kappa shape index (κ3) is 18.4. The first-order valence-electron chi connectivity index (χ1n) is 27.5. The second-order valence-electron chi connectivity index (χ2n) is 22.0. The van der Waals surface area contributed by atoms with Crippen LogP contribution in [0.1, 0.15) is 91.7 Å². The van der Waals surface area contributed by atoms with E-state index in [-0.39, 0.29) is 78.7 Å². The minimum Gasteiger partial charge on any atom is -0.475 e. The van der Waals surface area contributed by atoms with E-state index >= 15 is 0 Å². The van der Waals surface area contributed by atoms with Gasteiger partial charge in [0.15, 0.2) is 52.8 Å². The Kier molecular flexibility index (Phi) is 20.8. The second kappa shape index (κ2) is 28.0. The number of aliphatic carboxylic acids is 1. The normalized spacial score (nSPS) is 18.1. The monoisotopic (exact) mass is 1240 g/mol. The Morgan fingerprint density at radius 2 is 1.07 bits per heavy atom. The van der Waals surface area contributed by atoms with Crippen LogP contribution >= 0.6 is 0 Å². The molecule has 4 atom stereocenters. The van der Waals surface area contributed by atoms with Gasteiger partial charge in [-0.1, -0.05) is 46.7 Å². The van der Waals surface area contributed by atoms with E-state index in [9.17, 15) is 40.6 Å². The molecule has 0 unspecified atom stereocenters. The lowest BCUT2D eigenvalue weighted by molar-refractivity contribution is -0.341. The third-order valence-electron chi connectivity index (χ3n) is 12.8. The van der Waals surface area contributed by atoms with E-state index in [0.717, 1.165) is 12.4 Å². The molecule has 0 spiro atoms. The van der Waals surface area contributed by atoms with Crippen molar-refractivity contribution in [3.63, 3.8) is 0 Å². The van der Waals surface area contributed by atoms with E-state index in [2.05, 4.69) is 51.1 Å². The number of benzene rings is 2. The molecule has 0 amide bonds. The highest BCUT2D eigenvalue weighted by molar-refractivity contribution is 5.73. The first-order chi connectivity index (χ1) is 41.6. The highest BCUT2D eigenvalue weighted by Gasteiger charge is 2.39.